The summed E-state index contributed by atoms with van der Waals surface area (Å²) in [5.41, 5.74) is 1.60. The first-order chi connectivity index (χ1) is 12.5. The van der Waals surface area contributed by atoms with Gasteiger partial charge in [0.2, 0.25) is 5.78 Å². The maximum atomic E-state index is 13.0. The Labute approximate surface area is 157 Å². The van der Waals surface area contributed by atoms with Gasteiger partial charge in [-0.2, -0.15) is 0 Å². The third kappa shape index (κ3) is 3.76. The number of nitrogens with zero attached hydrogens (tertiary/aromatic N) is 2. The van der Waals surface area contributed by atoms with Gasteiger partial charge in [-0.15, -0.1) is 11.8 Å². The number of para-hydroxylation sites is 1. The van der Waals surface area contributed by atoms with Crippen LogP contribution in [0.15, 0.2) is 53.4 Å². The van der Waals surface area contributed by atoms with E-state index in [2.05, 4.69) is 0 Å². The van der Waals surface area contributed by atoms with E-state index < -0.39 is 16.9 Å². The van der Waals surface area contributed by atoms with E-state index in [-0.39, 0.29) is 0 Å². The van der Waals surface area contributed by atoms with Gasteiger partial charge < -0.3 is 14.5 Å². The van der Waals surface area contributed by atoms with Crippen molar-refractivity contribution in [1.82, 2.24) is 4.90 Å². The zero-order chi connectivity index (χ0) is 18.7. The summed E-state index contributed by atoms with van der Waals surface area (Å²) in [5, 5.41) is -0.557. The number of hydrogen-bond donors (Lipinski definition) is 0. The quantitative estimate of drug-likeness (QED) is 0.758. The lowest BCUT2D eigenvalue weighted by molar-refractivity contribution is -0.136. The summed E-state index contributed by atoms with van der Waals surface area (Å²) in [6, 6.07) is 15.0. The molecule has 0 N–H and O–H groups in total. The molecule has 3 rings (SSSR count). The number of methoxy groups -OCH3 is 1. The Morgan fingerprint density at radius 3 is 2.42 bits per heavy atom. The number of ketones is 1. The number of ether oxygens (including phenoxy) is 1. The third-order valence-electron chi connectivity index (χ3n) is 4.28. The molecule has 1 aliphatic rings. The summed E-state index contributed by atoms with van der Waals surface area (Å²) in [6.45, 7) is 1.16. The van der Waals surface area contributed by atoms with E-state index in [1.807, 2.05) is 67.5 Å². The van der Waals surface area contributed by atoms with Crippen LogP contribution < -0.4 is 9.64 Å². The van der Waals surface area contributed by atoms with Crippen molar-refractivity contribution in [3.8, 4) is 5.75 Å². The van der Waals surface area contributed by atoms with Gasteiger partial charge in [-0.1, -0.05) is 24.3 Å². The van der Waals surface area contributed by atoms with Crippen molar-refractivity contribution in [2.24, 2.45) is 0 Å². The molecule has 0 aromatic heterocycles. The number of hydrogen-bond acceptors (Lipinski definition) is 5. The summed E-state index contributed by atoms with van der Waals surface area (Å²) < 4.78 is 5.19. The zero-order valence-corrected chi connectivity index (χ0v) is 16.0. The van der Waals surface area contributed by atoms with E-state index in [1.165, 1.54) is 11.8 Å². The van der Waals surface area contributed by atoms with Crippen LogP contribution in [0.2, 0.25) is 0 Å². The molecule has 6 heteroatoms. The fourth-order valence-electron chi connectivity index (χ4n) is 2.83. The lowest BCUT2D eigenvalue weighted by atomic mass is 10.1. The van der Waals surface area contributed by atoms with Gasteiger partial charge in [0.15, 0.2) is 0 Å². The molecule has 1 heterocycles. The van der Waals surface area contributed by atoms with Gasteiger partial charge in [0, 0.05) is 18.0 Å². The van der Waals surface area contributed by atoms with Crippen molar-refractivity contribution >= 4 is 29.1 Å². The van der Waals surface area contributed by atoms with Crippen LogP contribution in [0.5, 0.6) is 5.75 Å². The Morgan fingerprint density at radius 1 is 1.08 bits per heavy atom. The highest BCUT2D eigenvalue weighted by atomic mass is 32.2. The molecule has 2 aromatic rings. The van der Waals surface area contributed by atoms with Crippen LogP contribution in [-0.2, 0) is 9.59 Å². The molecule has 0 spiro atoms. The summed E-state index contributed by atoms with van der Waals surface area (Å²) in [4.78, 5) is 30.5. The SMILES string of the molecule is COc1ccc(C2Sc3ccccc3N(CCN(C)C)C(=O)C2=O)cc1. The number of likely N-dealkylation sites (N-methyl/N-ethyl adjacent to an activating group) is 1. The topological polar surface area (TPSA) is 49.9 Å². The predicted molar refractivity (Wildman–Crippen MR) is 104 cm³/mol. The number of anilines is 1. The second-order valence-corrected chi connectivity index (χ2v) is 7.51. The number of carbonyl (C=O) groups excluding carboxylic acids is 2. The molecule has 0 aliphatic carbocycles. The van der Waals surface area contributed by atoms with Crippen LogP contribution in [0.1, 0.15) is 10.8 Å². The van der Waals surface area contributed by atoms with E-state index in [0.717, 1.165) is 21.9 Å². The Morgan fingerprint density at radius 2 is 1.77 bits per heavy atom. The van der Waals surface area contributed by atoms with Crippen LogP contribution in [-0.4, -0.2) is 50.9 Å². The highest BCUT2D eigenvalue weighted by molar-refractivity contribution is 8.00. The van der Waals surface area contributed by atoms with Crippen molar-refractivity contribution in [2.45, 2.75) is 10.1 Å². The van der Waals surface area contributed by atoms with E-state index in [1.54, 1.807) is 12.0 Å². The van der Waals surface area contributed by atoms with Crippen molar-refractivity contribution < 1.29 is 14.3 Å². The Hall–Kier alpha value is -2.31. The Kier molecular flexibility index (Phi) is 5.64. The van der Waals surface area contributed by atoms with Crippen molar-refractivity contribution in [1.29, 1.82) is 0 Å². The smallest absolute Gasteiger partial charge is 0.296 e. The molecule has 1 amide bonds. The van der Waals surface area contributed by atoms with Crippen LogP contribution in [0.4, 0.5) is 5.69 Å². The molecule has 0 radical (unpaired) electrons. The van der Waals surface area contributed by atoms with Gasteiger partial charge in [-0.3, -0.25) is 9.59 Å². The summed E-state index contributed by atoms with van der Waals surface area (Å²) in [5.74, 6) is -0.126. The fraction of sp³-hybridized carbons (Fsp3) is 0.300. The first-order valence-electron chi connectivity index (χ1n) is 8.41. The number of thioether (sulfide) groups is 1. The summed E-state index contributed by atoms with van der Waals surface area (Å²) >= 11 is 1.43. The van der Waals surface area contributed by atoms with Crippen LogP contribution in [0.3, 0.4) is 0 Å². The number of rotatable bonds is 5. The van der Waals surface area contributed by atoms with Gasteiger partial charge in [-0.25, -0.2) is 0 Å². The van der Waals surface area contributed by atoms with E-state index in [4.69, 9.17) is 4.74 Å². The molecular weight excluding hydrogens is 348 g/mol. The average Bonchev–Trinajstić information content (AvgIpc) is 2.76. The maximum Gasteiger partial charge on any atom is 0.296 e. The minimum absolute atomic E-state index is 0.393. The lowest BCUT2D eigenvalue weighted by Gasteiger charge is -2.23. The third-order valence-corrected chi connectivity index (χ3v) is 5.61. The minimum atomic E-state index is -0.557. The number of benzene rings is 2. The van der Waals surface area contributed by atoms with E-state index in [0.29, 0.717) is 13.1 Å². The molecule has 0 bridgehead atoms. The van der Waals surface area contributed by atoms with Crippen LogP contribution in [0, 0.1) is 0 Å². The minimum Gasteiger partial charge on any atom is -0.497 e. The number of Topliss-reactive ketones (excluding diaryl/α,β-unsaturated/α-hetero) is 1. The van der Waals surface area contributed by atoms with Crippen LogP contribution in [0.25, 0.3) is 0 Å². The lowest BCUT2D eigenvalue weighted by Crippen LogP contribution is -2.41. The second-order valence-electron chi connectivity index (χ2n) is 6.36. The first kappa shape index (κ1) is 18.5. The van der Waals surface area contributed by atoms with Crippen molar-refractivity contribution in [3.63, 3.8) is 0 Å². The van der Waals surface area contributed by atoms with Crippen molar-refractivity contribution in [2.75, 3.05) is 39.2 Å². The first-order valence-corrected chi connectivity index (χ1v) is 9.29. The Bertz CT molecular complexity index is 805. The molecule has 2 aromatic carbocycles. The Balaban J connectivity index is 1.98. The molecule has 5 nitrogen and oxygen atoms in total. The summed E-state index contributed by atoms with van der Waals surface area (Å²) in [6.07, 6.45) is 0. The molecule has 1 atom stereocenters. The highest BCUT2D eigenvalue weighted by Crippen LogP contribution is 2.44. The molecule has 136 valence electrons. The van der Waals surface area contributed by atoms with Crippen molar-refractivity contribution in [3.05, 3.63) is 54.1 Å². The standard InChI is InChI=1S/C20H22N2O3S/c1-21(2)12-13-22-16-6-4-5-7-17(16)26-19(18(23)20(22)24)14-8-10-15(25-3)11-9-14/h4-11,19H,12-13H2,1-3H3. The number of carbonyl (C=O) groups is 2. The predicted octanol–water partition coefficient (Wildman–Crippen LogP) is 3.01. The fourth-order valence-corrected chi connectivity index (χ4v) is 4.05. The highest BCUT2D eigenvalue weighted by Gasteiger charge is 2.36. The van der Waals surface area contributed by atoms with Gasteiger partial charge >= 0.3 is 0 Å². The molecule has 26 heavy (non-hydrogen) atoms. The normalized spacial score (nSPS) is 17.2. The average molecular weight is 370 g/mol. The van der Waals surface area contributed by atoms with Gasteiger partial charge in [0.25, 0.3) is 5.91 Å². The summed E-state index contributed by atoms with van der Waals surface area (Å²) in [7, 11) is 5.50. The van der Waals surface area contributed by atoms with E-state index in [9.17, 15) is 9.59 Å². The van der Waals surface area contributed by atoms with E-state index >= 15 is 0 Å². The molecule has 1 unspecified atom stereocenters. The maximum absolute atomic E-state index is 13.0. The molecular formula is C20H22N2O3S. The molecule has 1 aliphatic heterocycles. The second kappa shape index (κ2) is 7.93. The molecule has 0 fully saturated rings. The molecule has 0 saturated heterocycles. The largest absolute Gasteiger partial charge is 0.497 e. The number of fused-ring (bicyclic) bond motifs is 1. The van der Waals surface area contributed by atoms with Gasteiger partial charge in [-0.05, 0) is 43.9 Å². The van der Waals surface area contributed by atoms with Gasteiger partial charge in [0.05, 0.1) is 12.8 Å². The van der Waals surface area contributed by atoms with Gasteiger partial charge in [0.1, 0.15) is 11.0 Å². The number of amides is 1. The zero-order valence-electron chi connectivity index (χ0n) is 15.1. The molecule has 0 saturated carbocycles. The monoisotopic (exact) mass is 370 g/mol. The van der Waals surface area contributed by atoms with Crippen LogP contribution >= 0.6 is 11.8 Å².